The number of aromatic nitrogens is 1. The first kappa shape index (κ1) is 24.7. The van der Waals surface area contributed by atoms with Crippen LogP contribution in [-0.4, -0.2) is 23.1 Å². The zero-order valence-corrected chi connectivity index (χ0v) is 21.1. The molecule has 0 spiro atoms. The number of anilines is 2. The monoisotopic (exact) mass is 502 g/mol. The van der Waals surface area contributed by atoms with Crippen LogP contribution in [0.2, 0.25) is 0 Å². The second-order valence-corrected chi connectivity index (χ2v) is 8.98. The molecule has 0 N–H and O–H groups in total. The van der Waals surface area contributed by atoms with E-state index in [0.29, 0.717) is 27.7 Å². The van der Waals surface area contributed by atoms with Gasteiger partial charge in [0.25, 0.3) is 11.5 Å². The van der Waals surface area contributed by atoms with E-state index in [1.54, 1.807) is 19.2 Å². The lowest BCUT2D eigenvalue weighted by Crippen LogP contribution is -2.32. The van der Waals surface area contributed by atoms with E-state index >= 15 is 0 Å². The first-order valence-electron chi connectivity index (χ1n) is 12.2. The number of benzene rings is 4. The molecule has 0 atom stereocenters. The van der Waals surface area contributed by atoms with Gasteiger partial charge < -0.3 is 9.30 Å². The highest BCUT2D eigenvalue weighted by Gasteiger charge is 2.25. The molecule has 1 amide bonds. The number of aryl methyl sites for hydroxylation is 1. The van der Waals surface area contributed by atoms with E-state index in [1.165, 1.54) is 9.47 Å². The molecule has 0 saturated heterocycles. The van der Waals surface area contributed by atoms with Crippen LogP contribution in [0.5, 0.6) is 0 Å². The lowest BCUT2D eigenvalue weighted by Gasteiger charge is -2.23. The molecule has 0 saturated carbocycles. The molecule has 5 rings (SSSR count). The van der Waals surface area contributed by atoms with Gasteiger partial charge in [0.2, 0.25) is 0 Å². The van der Waals surface area contributed by atoms with Crippen molar-refractivity contribution in [1.82, 2.24) is 4.57 Å². The van der Waals surface area contributed by atoms with Gasteiger partial charge in [0, 0.05) is 29.4 Å². The van der Waals surface area contributed by atoms with Crippen molar-refractivity contribution < 1.29 is 14.3 Å². The number of hydrogen-bond donors (Lipinski definition) is 0. The minimum atomic E-state index is -0.750. The van der Waals surface area contributed by atoms with Crippen molar-refractivity contribution in [2.24, 2.45) is 7.05 Å². The highest BCUT2D eigenvalue weighted by Crippen LogP contribution is 2.31. The molecule has 1 aromatic heterocycles. The van der Waals surface area contributed by atoms with Crippen LogP contribution in [0.4, 0.5) is 11.4 Å². The standard InChI is InChI=1S/C32H26N2O4/c1-22-17-19-23(20-18-22)29-26-15-9-10-16-27(26)31(36)33(2)30(29)32(37)38-21-28(35)34(24-11-5-3-6-12-24)25-13-7-4-8-14-25/h3-20H,21H2,1-2H3. The average Bonchev–Trinajstić information content (AvgIpc) is 2.95. The minimum absolute atomic E-state index is 0.0938. The largest absolute Gasteiger partial charge is 0.451 e. The molecule has 0 aliphatic carbocycles. The van der Waals surface area contributed by atoms with Crippen molar-refractivity contribution in [2.45, 2.75) is 6.92 Å². The van der Waals surface area contributed by atoms with Crippen LogP contribution in [0.3, 0.4) is 0 Å². The Morgan fingerprint density at radius 1 is 0.737 bits per heavy atom. The van der Waals surface area contributed by atoms with Gasteiger partial charge in [0.1, 0.15) is 5.69 Å². The fourth-order valence-corrected chi connectivity index (χ4v) is 4.57. The van der Waals surface area contributed by atoms with E-state index in [0.717, 1.165) is 11.1 Å². The van der Waals surface area contributed by atoms with E-state index in [9.17, 15) is 14.4 Å². The number of amides is 1. The summed E-state index contributed by atoms with van der Waals surface area (Å²) < 4.78 is 6.90. The number of carbonyl (C=O) groups is 2. The highest BCUT2D eigenvalue weighted by atomic mass is 16.5. The topological polar surface area (TPSA) is 68.6 Å². The molecular weight excluding hydrogens is 476 g/mol. The van der Waals surface area contributed by atoms with Crippen LogP contribution in [-0.2, 0) is 16.6 Å². The maximum Gasteiger partial charge on any atom is 0.356 e. The third-order valence-electron chi connectivity index (χ3n) is 6.44. The predicted octanol–water partition coefficient (Wildman–Crippen LogP) is 6.04. The molecule has 6 heteroatoms. The zero-order valence-electron chi connectivity index (χ0n) is 21.1. The molecular formula is C32H26N2O4. The first-order valence-corrected chi connectivity index (χ1v) is 12.2. The normalized spacial score (nSPS) is 10.8. The Balaban J connectivity index is 1.53. The number of hydrogen-bond acceptors (Lipinski definition) is 4. The molecule has 6 nitrogen and oxygen atoms in total. The number of ether oxygens (including phenoxy) is 1. The van der Waals surface area contributed by atoms with Crippen LogP contribution in [0.1, 0.15) is 16.1 Å². The Labute approximate surface area is 220 Å². The van der Waals surface area contributed by atoms with E-state index in [-0.39, 0.29) is 11.3 Å². The van der Waals surface area contributed by atoms with Gasteiger partial charge in [-0.2, -0.15) is 0 Å². The Bertz CT molecular complexity index is 1640. The quantitative estimate of drug-likeness (QED) is 0.266. The lowest BCUT2D eigenvalue weighted by atomic mass is 9.96. The minimum Gasteiger partial charge on any atom is -0.451 e. The molecule has 4 aromatic carbocycles. The number of fused-ring (bicyclic) bond motifs is 1. The van der Waals surface area contributed by atoms with Gasteiger partial charge >= 0.3 is 5.97 Å². The summed E-state index contributed by atoms with van der Waals surface area (Å²) in [5, 5.41) is 1.14. The van der Waals surface area contributed by atoms with Gasteiger partial charge in [-0.3, -0.25) is 14.5 Å². The third kappa shape index (κ3) is 4.72. The number of nitrogens with zero attached hydrogens (tertiary/aromatic N) is 2. The van der Waals surface area contributed by atoms with Crippen molar-refractivity contribution in [3.05, 3.63) is 131 Å². The summed E-state index contributed by atoms with van der Waals surface area (Å²) in [6.07, 6.45) is 0. The second-order valence-electron chi connectivity index (χ2n) is 8.98. The van der Waals surface area contributed by atoms with Gasteiger partial charge in [-0.25, -0.2) is 4.79 Å². The smallest absolute Gasteiger partial charge is 0.356 e. The van der Waals surface area contributed by atoms with E-state index in [4.69, 9.17) is 4.74 Å². The number of esters is 1. The number of carbonyl (C=O) groups excluding carboxylic acids is 2. The van der Waals surface area contributed by atoms with E-state index in [1.807, 2.05) is 104 Å². The number of rotatable bonds is 6. The van der Waals surface area contributed by atoms with Gasteiger partial charge in [-0.1, -0.05) is 84.4 Å². The van der Waals surface area contributed by atoms with Crippen LogP contribution < -0.4 is 10.5 Å². The SMILES string of the molecule is Cc1ccc(-c2c(C(=O)OCC(=O)N(c3ccccc3)c3ccccc3)n(C)c(=O)c3ccccc23)cc1. The summed E-state index contributed by atoms with van der Waals surface area (Å²) in [6, 6.07) is 33.2. The fraction of sp³-hybridized carbons (Fsp3) is 0.0938. The van der Waals surface area contributed by atoms with Crippen LogP contribution in [0.15, 0.2) is 114 Å². The zero-order chi connectivity index (χ0) is 26.6. The summed E-state index contributed by atoms with van der Waals surface area (Å²) in [6.45, 7) is 1.48. The molecule has 0 fully saturated rings. The molecule has 0 bridgehead atoms. The summed E-state index contributed by atoms with van der Waals surface area (Å²) in [5.74, 6) is -1.17. The predicted molar refractivity (Wildman–Crippen MR) is 150 cm³/mol. The maximum absolute atomic E-state index is 13.6. The summed E-state index contributed by atoms with van der Waals surface area (Å²) in [4.78, 5) is 41.7. The Hall–Kier alpha value is -4.97. The molecule has 0 radical (unpaired) electrons. The van der Waals surface area contributed by atoms with Crippen LogP contribution >= 0.6 is 0 Å². The molecule has 0 unspecified atom stereocenters. The third-order valence-corrected chi connectivity index (χ3v) is 6.44. The summed E-state index contributed by atoms with van der Waals surface area (Å²) in [7, 11) is 1.55. The van der Waals surface area contributed by atoms with Gasteiger partial charge in [0.05, 0.1) is 0 Å². The molecule has 188 valence electrons. The van der Waals surface area contributed by atoms with Crippen molar-refractivity contribution >= 4 is 34.0 Å². The maximum atomic E-state index is 13.6. The van der Waals surface area contributed by atoms with E-state index in [2.05, 4.69) is 0 Å². The Kier molecular flexibility index (Phi) is 6.87. The second kappa shape index (κ2) is 10.6. The Morgan fingerprint density at radius 3 is 1.84 bits per heavy atom. The summed E-state index contributed by atoms with van der Waals surface area (Å²) in [5.41, 5.74) is 3.51. The molecule has 0 aliphatic rings. The molecule has 0 aliphatic heterocycles. The number of pyridine rings is 1. The van der Waals surface area contributed by atoms with Gasteiger partial charge in [0.15, 0.2) is 6.61 Å². The number of para-hydroxylation sites is 2. The van der Waals surface area contributed by atoms with E-state index < -0.39 is 18.5 Å². The van der Waals surface area contributed by atoms with Crippen LogP contribution in [0, 0.1) is 6.92 Å². The average molecular weight is 503 g/mol. The highest BCUT2D eigenvalue weighted by molar-refractivity contribution is 6.08. The van der Waals surface area contributed by atoms with Crippen molar-refractivity contribution in [3.63, 3.8) is 0 Å². The lowest BCUT2D eigenvalue weighted by molar-refractivity contribution is -0.121. The fourth-order valence-electron chi connectivity index (χ4n) is 4.57. The van der Waals surface area contributed by atoms with Crippen molar-refractivity contribution in [2.75, 3.05) is 11.5 Å². The van der Waals surface area contributed by atoms with Gasteiger partial charge in [-0.05, 0) is 48.2 Å². The van der Waals surface area contributed by atoms with Gasteiger partial charge in [-0.15, -0.1) is 0 Å². The van der Waals surface area contributed by atoms with Crippen LogP contribution in [0.25, 0.3) is 21.9 Å². The molecule has 1 heterocycles. The first-order chi connectivity index (χ1) is 18.5. The van der Waals surface area contributed by atoms with Crippen molar-refractivity contribution in [1.29, 1.82) is 0 Å². The Morgan fingerprint density at radius 2 is 1.26 bits per heavy atom. The van der Waals surface area contributed by atoms with Crippen molar-refractivity contribution in [3.8, 4) is 11.1 Å². The summed E-state index contributed by atoms with van der Waals surface area (Å²) >= 11 is 0. The molecule has 38 heavy (non-hydrogen) atoms. The molecule has 5 aromatic rings.